The van der Waals surface area contributed by atoms with Crippen LogP contribution < -0.4 is 0 Å². The molecule has 1 amide bonds. The van der Waals surface area contributed by atoms with Crippen LogP contribution in [0.5, 0.6) is 0 Å². The van der Waals surface area contributed by atoms with E-state index in [0.717, 1.165) is 21.6 Å². The van der Waals surface area contributed by atoms with E-state index in [1.54, 1.807) is 15.6 Å². The van der Waals surface area contributed by atoms with Gasteiger partial charge in [-0.1, -0.05) is 23.7 Å². The Labute approximate surface area is 172 Å². The first-order valence-corrected chi connectivity index (χ1v) is 12.1. The fourth-order valence-corrected chi connectivity index (χ4v) is 6.75. The van der Waals surface area contributed by atoms with Gasteiger partial charge in [-0.3, -0.25) is 4.79 Å². The third-order valence-corrected chi connectivity index (χ3v) is 8.26. The molecule has 0 N–H and O–H groups in total. The van der Waals surface area contributed by atoms with E-state index in [2.05, 4.69) is 5.10 Å². The van der Waals surface area contributed by atoms with E-state index in [4.69, 9.17) is 11.6 Å². The summed E-state index contributed by atoms with van der Waals surface area (Å²) >= 11 is 7.70. The van der Waals surface area contributed by atoms with Crippen LogP contribution >= 0.6 is 22.9 Å². The highest BCUT2D eigenvalue weighted by molar-refractivity contribution is 7.91. The number of para-hydroxylation sites is 1. The zero-order valence-corrected chi connectivity index (χ0v) is 17.9. The monoisotopic (exact) mass is 437 g/mol. The molecular formula is C19H20ClN3O3S2. The fraction of sp³-hybridized carbons (Fsp3) is 0.368. The van der Waals surface area contributed by atoms with Gasteiger partial charge >= 0.3 is 0 Å². The van der Waals surface area contributed by atoms with Crippen molar-refractivity contribution in [2.24, 2.45) is 0 Å². The minimum Gasteiger partial charge on any atom is -0.334 e. The standard InChI is InChI=1S/C19H20ClN3O3S2/c1-3-22(13-8-9-28(25,26)11-13)18(24)17-10-14-12(2)21-23(19(14)27-17)16-7-5-4-6-15(16)20/h4-7,10,13H,3,8-9,11H2,1-2H3. The van der Waals surface area contributed by atoms with Gasteiger partial charge in [-0.05, 0) is 38.5 Å². The fourth-order valence-electron chi connectivity index (χ4n) is 3.67. The van der Waals surface area contributed by atoms with Gasteiger partial charge in [0.05, 0.1) is 32.8 Å². The maximum Gasteiger partial charge on any atom is 0.264 e. The second-order valence-electron chi connectivity index (χ2n) is 6.93. The molecule has 28 heavy (non-hydrogen) atoms. The van der Waals surface area contributed by atoms with Gasteiger partial charge in [-0.2, -0.15) is 5.10 Å². The summed E-state index contributed by atoms with van der Waals surface area (Å²) in [6.45, 7) is 4.26. The van der Waals surface area contributed by atoms with Crippen molar-refractivity contribution in [1.82, 2.24) is 14.7 Å². The molecule has 4 rings (SSSR count). The minimum absolute atomic E-state index is 0.0455. The van der Waals surface area contributed by atoms with Crippen LogP contribution in [-0.2, 0) is 9.84 Å². The molecule has 3 aromatic rings. The van der Waals surface area contributed by atoms with Gasteiger partial charge in [0.2, 0.25) is 0 Å². The molecule has 0 bridgehead atoms. The van der Waals surface area contributed by atoms with Gasteiger partial charge in [0.1, 0.15) is 4.83 Å². The first-order valence-electron chi connectivity index (χ1n) is 9.06. The minimum atomic E-state index is -3.05. The molecule has 6 nitrogen and oxygen atoms in total. The molecule has 1 aliphatic heterocycles. The van der Waals surface area contributed by atoms with E-state index >= 15 is 0 Å². The van der Waals surface area contributed by atoms with Crippen LogP contribution in [-0.4, -0.2) is 53.1 Å². The Balaban J connectivity index is 1.73. The third-order valence-electron chi connectivity index (χ3n) is 5.09. The number of hydrogen-bond acceptors (Lipinski definition) is 5. The predicted molar refractivity (Wildman–Crippen MR) is 112 cm³/mol. The molecule has 148 valence electrons. The number of aryl methyl sites for hydroxylation is 1. The maximum absolute atomic E-state index is 13.2. The van der Waals surface area contributed by atoms with Crippen LogP contribution in [0, 0.1) is 6.92 Å². The number of aromatic nitrogens is 2. The Kier molecular flexibility index (Phi) is 4.97. The highest BCUT2D eigenvalue weighted by atomic mass is 35.5. The first-order chi connectivity index (χ1) is 13.3. The number of rotatable bonds is 4. The number of halogens is 1. The van der Waals surface area contributed by atoms with Crippen molar-refractivity contribution < 1.29 is 13.2 Å². The van der Waals surface area contributed by atoms with Gasteiger partial charge in [-0.25, -0.2) is 13.1 Å². The predicted octanol–water partition coefficient (Wildman–Crippen LogP) is 3.70. The number of fused-ring (bicyclic) bond motifs is 1. The molecule has 1 aromatic carbocycles. The SMILES string of the molecule is CCN(C(=O)c1cc2c(C)nn(-c3ccccc3Cl)c2s1)C1CCS(=O)(=O)C1. The van der Waals surface area contributed by atoms with E-state index in [1.807, 2.05) is 38.1 Å². The molecule has 0 radical (unpaired) electrons. The van der Waals surface area contributed by atoms with Crippen LogP contribution in [0.3, 0.4) is 0 Å². The van der Waals surface area contributed by atoms with Gasteiger partial charge in [0.25, 0.3) is 5.91 Å². The van der Waals surface area contributed by atoms with Crippen LogP contribution in [0.1, 0.15) is 28.7 Å². The van der Waals surface area contributed by atoms with Crippen molar-refractivity contribution in [3.05, 3.63) is 45.9 Å². The van der Waals surface area contributed by atoms with E-state index in [0.29, 0.717) is 22.9 Å². The van der Waals surface area contributed by atoms with Gasteiger partial charge in [0.15, 0.2) is 9.84 Å². The zero-order chi connectivity index (χ0) is 20.1. The van der Waals surface area contributed by atoms with Crippen molar-refractivity contribution in [2.75, 3.05) is 18.1 Å². The second-order valence-corrected chi connectivity index (χ2v) is 10.6. The van der Waals surface area contributed by atoms with Crippen molar-refractivity contribution in [3.63, 3.8) is 0 Å². The summed E-state index contributed by atoms with van der Waals surface area (Å²) < 4.78 is 25.4. The number of hydrogen-bond donors (Lipinski definition) is 0. The average molecular weight is 438 g/mol. The number of amides is 1. The maximum atomic E-state index is 13.2. The van der Waals surface area contributed by atoms with Crippen molar-refractivity contribution in [3.8, 4) is 5.69 Å². The summed E-state index contributed by atoms with van der Waals surface area (Å²) in [5.74, 6) is 0.0640. The number of sulfone groups is 1. The lowest BCUT2D eigenvalue weighted by atomic mass is 10.2. The Morgan fingerprint density at radius 2 is 2.14 bits per heavy atom. The number of thiophene rings is 1. The van der Waals surface area contributed by atoms with Gasteiger partial charge < -0.3 is 4.90 Å². The Morgan fingerprint density at radius 1 is 1.39 bits per heavy atom. The van der Waals surface area contributed by atoms with Crippen molar-refractivity contribution in [1.29, 1.82) is 0 Å². The van der Waals surface area contributed by atoms with Crippen LogP contribution in [0.15, 0.2) is 30.3 Å². The Morgan fingerprint density at radius 3 is 2.79 bits per heavy atom. The molecule has 1 unspecified atom stereocenters. The summed E-state index contributed by atoms with van der Waals surface area (Å²) in [6.07, 6.45) is 0.499. The lowest BCUT2D eigenvalue weighted by molar-refractivity contribution is 0.0713. The lowest BCUT2D eigenvalue weighted by Crippen LogP contribution is -2.40. The van der Waals surface area contributed by atoms with E-state index in [9.17, 15) is 13.2 Å². The van der Waals surface area contributed by atoms with Crippen LogP contribution in [0.2, 0.25) is 5.02 Å². The number of nitrogens with zero attached hydrogens (tertiary/aromatic N) is 3. The Bertz CT molecular complexity index is 1170. The second kappa shape index (κ2) is 7.17. The molecule has 3 heterocycles. The quantitative estimate of drug-likeness (QED) is 0.623. The van der Waals surface area contributed by atoms with E-state index in [1.165, 1.54) is 11.3 Å². The molecule has 0 aliphatic carbocycles. The summed E-state index contributed by atoms with van der Waals surface area (Å²) in [5.41, 5.74) is 1.58. The molecule has 1 atom stereocenters. The summed E-state index contributed by atoms with van der Waals surface area (Å²) in [4.78, 5) is 16.3. The van der Waals surface area contributed by atoms with Gasteiger partial charge in [-0.15, -0.1) is 11.3 Å². The number of carbonyl (C=O) groups excluding carboxylic acids is 1. The summed E-state index contributed by atoms with van der Waals surface area (Å²) in [6, 6.07) is 9.04. The summed E-state index contributed by atoms with van der Waals surface area (Å²) in [5, 5.41) is 6.07. The number of benzene rings is 1. The topological polar surface area (TPSA) is 72.3 Å². The zero-order valence-electron chi connectivity index (χ0n) is 15.6. The summed E-state index contributed by atoms with van der Waals surface area (Å²) in [7, 11) is -3.05. The normalized spacial score (nSPS) is 18.6. The highest BCUT2D eigenvalue weighted by Gasteiger charge is 2.35. The van der Waals surface area contributed by atoms with Crippen molar-refractivity contribution >= 4 is 48.9 Å². The third kappa shape index (κ3) is 3.33. The van der Waals surface area contributed by atoms with Crippen LogP contribution in [0.25, 0.3) is 15.9 Å². The molecular weight excluding hydrogens is 418 g/mol. The first kappa shape index (κ1) is 19.4. The number of carbonyl (C=O) groups is 1. The molecule has 1 fully saturated rings. The van der Waals surface area contributed by atoms with Crippen molar-refractivity contribution in [2.45, 2.75) is 26.3 Å². The smallest absolute Gasteiger partial charge is 0.264 e. The van der Waals surface area contributed by atoms with E-state index < -0.39 is 9.84 Å². The van der Waals surface area contributed by atoms with E-state index in [-0.39, 0.29) is 23.5 Å². The molecule has 1 saturated heterocycles. The molecule has 2 aromatic heterocycles. The highest BCUT2D eigenvalue weighted by Crippen LogP contribution is 2.33. The van der Waals surface area contributed by atoms with Gasteiger partial charge in [0, 0.05) is 18.0 Å². The van der Waals surface area contributed by atoms with Crippen LogP contribution in [0.4, 0.5) is 0 Å². The lowest BCUT2D eigenvalue weighted by Gasteiger charge is -2.26. The average Bonchev–Trinajstić information content (AvgIpc) is 3.31. The largest absolute Gasteiger partial charge is 0.334 e. The molecule has 0 spiro atoms. The Hall–Kier alpha value is -1.90. The molecule has 0 saturated carbocycles. The molecule has 9 heteroatoms. The molecule has 1 aliphatic rings.